The van der Waals surface area contributed by atoms with Crippen LogP contribution < -0.4 is 10.6 Å². The Kier molecular flexibility index (Phi) is 6.06. The summed E-state index contributed by atoms with van der Waals surface area (Å²) in [4.78, 5) is 14.4. The molecule has 2 N–H and O–H groups in total. The lowest BCUT2D eigenvalue weighted by Gasteiger charge is -2.28. The Morgan fingerprint density at radius 3 is 3.00 bits per heavy atom. The van der Waals surface area contributed by atoms with Crippen molar-refractivity contribution in [3.63, 3.8) is 0 Å². The van der Waals surface area contributed by atoms with E-state index >= 15 is 0 Å². The predicted octanol–water partition coefficient (Wildman–Crippen LogP) is 1.94. The quantitative estimate of drug-likeness (QED) is 0.756. The molecule has 1 atom stereocenters. The third kappa shape index (κ3) is 5.05. The summed E-state index contributed by atoms with van der Waals surface area (Å²) in [6, 6.07) is 8.74. The number of carbonyl (C=O) groups excluding carboxylic acids is 1. The minimum Gasteiger partial charge on any atom is -0.356 e. The monoisotopic (exact) mass is 315 g/mol. The smallest absolute Gasteiger partial charge is 0.220 e. The summed E-state index contributed by atoms with van der Waals surface area (Å²) in [5, 5.41) is 6.43. The van der Waals surface area contributed by atoms with Crippen LogP contribution >= 0.6 is 0 Å². The Bertz CT molecular complexity index is 511. The normalized spacial score (nSPS) is 21.1. The highest BCUT2D eigenvalue weighted by Gasteiger charge is 2.16. The number of rotatable bonds is 7. The molecule has 1 unspecified atom stereocenters. The van der Waals surface area contributed by atoms with Crippen LogP contribution in [-0.2, 0) is 17.8 Å². The molecule has 2 aliphatic heterocycles. The van der Waals surface area contributed by atoms with Gasteiger partial charge >= 0.3 is 0 Å². The van der Waals surface area contributed by atoms with Crippen LogP contribution in [0.25, 0.3) is 0 Å². The van der Waals surface area contributed by atoms with E-state index in [4.69, 9.17) is 0 Å². The maximum Gasteiger partial charge on any atom is 0.220 e. The van der Waals surface area contributed by atoms with Crippen molar-refractivity contribution in [3.05, 3.63) is 35.4 Å². The fourth-order valence-corrected chi connectivity index (χ4v) is 3.66. The van der Waals surface area contributed by atoms with Gasteiger partial charge in [-0.05, 0) is 55.8 Å². The zero-order valence-electron chi connectivity index (χ0n) is 14.0. The molecule has 0 spiro atoms. The average molecular weight is 315 g/mol. The molecule has 1 fully saturated rings. The van der Waals surface area contributed by atoms with Crippen LogP contribution in [0.1, 0.15) is 36.8 Å². The maximum absolute atomic E-state index is 11.9. The zero-order chi connectivity index (χ0) is 15.9. The summed E-state index contributed by atoms with van der Waals surface area (Å²) in [6.07, 6.45) is 5.13. The Hall–Kier alpha value is -1.39. The van der Waals surface area contributed by atoms with E-state index in [9.17, 15) is 4.79 Å². The second-order valence-corrected chi connectivity index (χ2v) is 6.90. The van der Waals surface area contributed by atoms with Crippen LogP contribution in [-0.4, -0.2) is 43.5 Å². The van der Waals surface area contributed by atoms with Crippen molar-refractivity contribution in [2.24, 2.45) is 5.92 Å². The third-order valence-corrected chi connectivity index (χ3v) is 5.13. The fourth-order valence-electron chi connectivity index (χ4n) is 3.66. The van der Waals surface area contributed by atoms with E-state index in [-0.39, 0.29) is 5.91 Å². The fraction of sp³-hybridized carbons (Fsp3) is 0.632. The van der Waals surface area contributed by atoms with Gasteiger partial charge in [-0.3, -0.25) is 9.69 Å². The summed E-state index contributed by atoms with van der Waals surface area (Å²) < 4.78 is 0. The van der Waals surface area contributed by atoms with Gasteiger partial charge in [0, 0.05) is 32.6 Å². The molecule has 1 amide bonds. The zero-order valence-corrected chi connectivity index (χ0v) is 14.0. The highest BCUT2D eigenvalue weighted by Crippen LogP contribution is 2.18. The highest BCUT2D eigenvalue weighted by molar-refractivity contribution is 5.75. The minimum absolute atomic E-state index is 0.223. The molecule has 2 heterocycles. The topological polar surface area (TPSA) is 44.4 Å². The van der Waals surface area contributed by atoms with Crippen LogP contribution in [0, 0.1) is 5.92 Å². The summed E-state index contributed by atoms with van der Waals surface area (Å²) in [6.45, 7) is 6.27. The van der Waals surface area contributed by atoms with Gasteiger partial charge in [0.05, 0.1) is 0 Å². The number of nitrogens with one attached hydrogen (secondary N) is 2. The highest BCUT2D eigenvalue weighted by atomic mass is 16.1. The molecule has 4 nitrogen and oxygen atoms in total. The molecular formula is C19H29N3O. The van der Waals surface area contributed by atoms with Gasteiger partial charge in [-0.1, -0.05) is 24.3 Å². The molecule has 0 bridgehead atoms. The number of fused-ring (bicyclic) bond motifs is 1. The first-order valence-electron chi connectivity index (χ1n) is 9.08. The van der Waals surface area contributed by atoms with E-state index in [1.54, 1.807) is 0 Å². The molecule has 0 aromatic heterocycles. The van der Waals surface area contributed by atoms with E-state index in [0.29, 0.717) is 12.3 Å². The maximum atomic E-state index is 11.9. The van der Waals surface area contributed by atoms with Crippen LogP contribution in [0.4, 0.5) is 0 Å². The molecule has 1 saturated heterocycles. The number of nitrogens with zero attached hydrogens (tertiary/aromatic N) is 1. The largest absolute Gasteiger partial charge is 0.356 e. The molecule has 0 saturated carbocycles. The van der Waals surface area contributed by atoms with Crippen molar-refractivity contribution in [1.29, 1.82) is 0 Å². The van der Waals surface area contributed by atoms with Crippen molar-refractivity contribution in [2.75, 3.05) is 32.7 Å². The SMILES string of the molecule is O=C(CCC1CCNC1)NCCCN1CCc2ccccc2C1. The first kappa shape index (κ1) is 16.5. The van der Waals surface area contributed by atoms with Crippen LogP contribution in [0.15, 0.2) is 24.3 Å². The Morgan fingerprint density at radius 2 is 2.17 bits per heavy atom. The van der Waals surface area contributed by atoms with Gasteiger partial charge in [-0.25, -0.2) is 0 Å². The molecule has 1 aromatic rings. The van der Waals surface area contributed by atoms with Crippen LogP contribution in [0.2, 0.25) is 0 Å². The summed E-state index contributed by atoms with van der Waals surface area (Å²) >= 11 is 0. The van der Waals surface area contributed by atoms with Crippen molar-refractivity contribution < 1.29 is 4.79 Å². The van der Waals surface area contributed by atoms with Gasteiger partial charge in [0.2, 0.25) is 5.91 Å². The molecule has 0 aliphatic carbocycles. The standard InChI is InChI=1S/C19H29N3O/c23-19(7-6-16-8-11-20-14-16)21-10-3-12-22-13-9-17-4-1-2-5-18(17)15-22/h1-2,4-5,16,20H,3,6-15H2,(H,21,23). The van der Waals surface area contributed by atoms with Crippen LogP contribution in [0.3, 0.4) is 0 Å². The first-order chi connectivity index (χ1) is 11.3. The second kappa shape index (κ2) is 8.46. The number of benzene rings is 1. The van der Waals surface area contributed by atoms with Crippen molar-refractivity contribution in [2.45, 2.75) is 38.6 Å². The lowest BCUT2D eigenvalue weighted by Crippen LogP contribution is -2.33. The molecule has 4 heteroatoms. The van der Waals surface area contributed by atoms with E-state index in [0.717, 1.165) is 58.5 Å². The van der Waals surface area contributed by atoms with E-state index in [1.165, 1.54) is 17.5 Å². The first-order valence-corrected chi connectivity index (χ1v) is 9.08. The lowest BCUT2D eigenvalue weighted by atomic mass is 10.00. The molecule has 2 aliphatic rings. The second-order valence-electron chi connectivity index (χ2n) is 6.90. The van der Waals surface area contributed by atoms with Gasteiger partial charge in [0.25, 0.3) is 0 Å². The molecule has 23 heavy (non-hydrogen) atoms. The van der Waals surface area contributed by atoms with E-state index in [2.05, 4.69) is 39.8 Å². The van der Waals surface area contributed by atoms with Gasteiger partial charge in [-0.15, -0.1) is 0 Å². The third-order valence-electron chi connectivity index (χ3n) is 5.13. The Balaban J connectivity index is 1.27. The summed E-state index contributed by atoms with van der Waals surface area (Å²) in [7, 11) is 0. The van der Waals surface area contributed by atoms with Gasteiger partial charge < -0.3 is 10.6 Å². The molecule has 126 valence electrons. The molecule has 0 radical (unpaired) electrons. The molecular weight excluding hydrogens is 286 g/mol. The van der Waals surface area contributed by atoms with Crippen molar-refractivity contribution in [1.82, 2.24) is 15.5 Å². The summed E-state index contributed by atoms with van der Waals surface area (Å²) in [5.74, 6) is 0.926. The molecule has 3 rings (SSSR count). The number of hydrogen-bond acceptors (Lipinski definition) is 3. The summed E-state index contributed by atoms with van der Waals surface area (Å²) in [5.41, 5.74) is 2.96. The van der Waals surface area contributed by atoms with Gasteiger partial charge in [0.1, 0.15) is 0 Å². The van der Waals surface area contributed by atoms with Crippen molar-refractivity contribution in [3.8, 4) is 0 Å². The predicted molar refractivity (Wildman–Crippen MR) is 93.3 cm³/mol. The number of carbonyl (C=O) groups is 1. The lowest BCUT2D eigenvalue weighted by molar-refractivity contribution is -0.121. The Labute approximate surface area is 139 Å². The number of hydrogen-bond donors (Lipinski definition) is 2. The van der Waals surface area contributed by atoms with E-state index < -0.39 is 0 Å². The number of amides is 1. The van der Waals surface area contributed by atoms with Gasteiger partial charge in [-0.2, -0.15) is 0 Å². The molecule has 1 aromatic carbocycles. The van der Waals surface area contributed by atoms with E-state index in [1.807, 2.05) is 0 Å². The van der Waals surface area contributed by atoms with Crippen LogP contribution in [0.5, 0.6) is 0 Å². The Morgan fingerprint density at radius 1 is 1.30 bits per heavy atom. The van der Waals surface area contributed by atoms with Crippen molar-refractivity contribution >= 4 is 5.91 Å². The minimum atomic E-state index is 0.223. The average Bonchev–Trinajstić information content (AvgIpc) is 3.10. The van der Waals surface area contributed by atoms with Gasteiger partial charge in [0.15, 0.2) is 0 Å².